The third-order valence-electron chi connectivity index (χ3n) is 5.59. The molecule has 2 aromatic carbocycles. The van der Waals surface area contributed by atoms with Crippen LogP contribution >= 0.6 is 11.8 Å². The fourth-order valence-corrected chi connectivity index (χ4v) is 4.69. The van der Waals surface area contributed by atoms with Gasteiger partial charge in [-0.2, -0.15) is 0 Å². The van der Waals surface area contributed by atoms with E-state index in [1.807, 2.05) is 6.07 Å². The Morgan fingerprint density at radius 2 is 1.83 bits per heavy atom. The van der Waals surface area contributed by atoms with Crippen molar-refractivity contribution in [3.8, 4) is 5.69 Å². The average Bonchev–Trinajstić information content (AvgIpc) is 3.36. The van der Waals surface area contributed by atoms with Crippen LogP contribution in [0.3, 0.4) is 0 Å². The summed E-state index contributed by atoms with van der Waals surface area (Å²) in [6.45, 7) is 0.835. The van der Waals surface area contributed by atoms with Crippen LogP contribution in [0.2, 0.25) is 0 Å². The molecule has 30 heavy (non-hydrogen) atoms. The molecule has 5 rings (SSSR count). The highest BCUT2D eigenvalue weighted by Gasteiger charge is 2.32. The van der Waals surface area contributed by atoms with E-state index in [9.17, 15) is 0 Å². The monoisotopic (exact) mass is 421 g/mol. The summed E-state index contributed by atoms with van der Waals surface area (Å²) in [6.07, 6.45) is 2.50. The van der Waals surface area contributed by atoms with E-state index in [1.54, 1.807) is 11.8 Å². The number of rotatable bonds is 7. The minimum Gasteiger partial charge on any atom is -0.378 e. The fraction of sp³-hybridized carbons (Fsp3) is 0.391. The summed E-state index contributed by atoms with van der Waals surface area (Å²) in [7, 11) is 4.10. The molecule has 2 heterocycles. The Morgan fingerprint density at radius 1 is 1.07 bits per heavy atom. The third-order valence-corrected chi connectivity index (χ3v) is 6.65. The van der Waals surface area contributed by atoms with E-state index in [2.05, 4.69) is 87.6 Å². The second kappa shape index (κ2) is 8.41. The maximum Gasteiger partial charge on any atom is 0.195 e. The standard InChI is InChI=1S/C23H27N5OS/c1-27(2)18-12-10-17(11-13-18)22-24-14-20(29-22)15-30-23-26-25-21(16-8-9-16)28(23)19-6-4-3-5-7-19/h3-7,10-13,16,20,22,24H,8-9,14-15H2,1-2H3/t20-,22-/m1/s1. The molecule has 1 saturated heterocycles. The van der Waals surface area contributed by atoms with Crippen LogP contribution in [0.4, 0.5) is 5.69 Å². The molecule has 1 aromatic heterocycles. The molecule has 1 N–H and O–H groups in total. The van der Waals surface area contributed by atoms with Gasteiger partial charge in [0, 0.05) is 43.7 Å². The van der Waals surface area contributed by atoms with Crippen LogP contribution in [0.25, 0.3) is 5.69 Å². The molecular formula is C23H27N5OS. The number of hydrogen-bond donors (Lipinski definition) is 1. The molecule has 0 amide bonds. The maximum absolute atomic E-state index is 6.28. The Balaban J connectivity index is 1.25. The molecule has 3 aromatic rings. The number of aromatic nitrogens is 3. The number of ether oxygens (including phenoxy) is 1. The van der Waals surface area contributed by atoms with E-state index < -0.39 is 0 Å². The lowest BCUT2D eigenvalue weighted by atomic mass is 10.2. The molecule has 1 saturated carbocycles. The highest BCUT2D eigenvalue weighted by atomic mass is 32.2. The first kappa shape index (κ1) is 19.6. The fourth-order valence-electron chi connectivity index (χ4n) is 3.74. The number of thioether (sulfide) groups is 1. The zero-order valence-corrected chi connectivity index (χ0v) is 18.2. The summed E-state index contributed by atoms with van der Waals surface area (Å²) >= 11 is 1.73. The van der Waals surface area contributed by atoms with E-state index in [0.29, 0.717) is 5.92 Å². The summed E-state index contributed by atoms with van der Waals surface area (Å²) in [4.78, 5) is 2.10. The number of benzene rings is 2. The van der Waals surface area contributed by atoms with Crippen molar-refractivity contribution in [1.82, 2.24) is 20.1 Å². The largest absolute Gasteiger partial charge is 0.378 e. The van der Waals surface area contributed by atoms with Crippen molar-refractivity contribution in [2.24, 2.45) is 0 Å². The highest BCUT2D eigenvalue weighted by molar-refractivity contribution is 7.99. The highest BCUT2D eigenvalue weighted by Crippen LogP contribution is 2.41. The van der Waals surface area contributed by atoms with Crippen molar-refractivity contribution in [2.75, 3.05) is 31.3 Å². The zero-order valence-electron chi connectivity index (χ0n) is 17.4. The van der Waals surface area contributed by atoms with Crippen LogP contribution < -0.4 is 10.2 Å². The summed E-state index contributed by atoms with van der Waals surface area (Å²) < 4.78 is 8.50. The second-order valence-electron chi connectivity index (χ2n) is 8.13. The Kier molecular flexibility index (Phi) is 5.50. The van der Waals surface area contributed by atoms with E-state index in [4.69, 9.17) is 4.74 Å². The van der Waals surface area contributed by atoms with Crippen molar-refractivity contribution in [1.29, 1.82) is 0 Å². The van der Waals surface area contributed by atoms with E-state index in [0.717, 1.165) is 34.5 Å². The van der Waals surface area contributed by atoms with E-state index in [1.165, 1.54) is 18.5 Å². The van der Waals surface area contributed by atoms with Crippen molar-refractivity contribution >= 4 is 17.4 Å². The lowest BCUT2D eigenvalue weighted by molar-refractivity contribution is 0.0534. The zero-order chi connectivity index (χ0) is 20.5. The molecular weight excluding hydrogens is 394 g/mol. The van der Waals surface area contributed by atoms with Gasteiger partial charge < -0.3 is 9.64 Å². The molecule has 0 spiro atoms. The molecule has 156 valence electrons. The van der Waals surface area contributed by atoms with Crippen molar-refractivity contribution in [3.05, 3.63) is 66.0 Å². The van der Waals surface area contributed by atoms with Gasteiger partial charge in [-0.05, 0) is 42.7 Å². The van der Waals surface area contributed by atoms with Gasteiger partial charge in [0.15, 0.2) is 5.16 Å². The molecule has 0 radical (unpaired) electrons. The number of nitrogens with zero attached hydrogens (tertiary/aromatic N) is 4. The summed E-state index contributed by atoms with van der Waals surface area (Å²) in [5.41, 5.74) is 3.49. The molecule has 7 heteroatoms. The Labute approximate surface area is 181 Å². The summed E-state index contributed by atoms with van der Waals surface area (Å²) in [6, 6.07) is 19.0. The number of hydrogen-bond acceptors (Lipinski definition) is 6. The van der Waals surface area contributed by atoms with Crippen molar-refractivity contribution < 1.29 is 4.74 Å². The molecule has 1 aliphatic heterocycles. The maximum atomic E-state index is 6.28. The number of para-hydroxylation sites is 1. The van der Waals surface area contributed by atoms with Gasteiger partial charge in [-0.1, -0.05) is 42.1 Å². The lowest BCUT2D eigenvalue weighted by Crippen LogP contribution is -2.17. The Bertz CT molecular complexity index is 985. The molecule has 2 aliphatic rings. The minimum atomic E-state index is -0.0548. The first-order valence-electron chi connectivity index (χ1n) is 10.5. The molecule has 0 bridgehead atoms. The minimum absolute atomic E-state index is 0.0548. The van der Waals surface area contributed by atoms with Gasteiger partial charge >= 0.3 is 0 Å². The molecule has 2 fully saturated rings. The van der Waals surface area contributed by atoms with Gasteiger partial charge in [-0.15, -0.1) is 10.2 Å². The van der Waals surface area contributed by atoms with Crippen LogP contribution in [0.1, 0.15) is 36.4 Å². The predicted octanol–water partition coefficient (Wildman–Crippen LogP) is 3.99. The van der Waals surface area contributed by atoms with Crippen molar-refractivity contribution in [2.45, 2.75) is 36.2 Å². The first-order chi connectivity index (χ1) is 14.7. The van der Waals surface area contributed by atoms with Crippen LogP contribution in [0.5, 0.6) is 0 Å². The molecule has 2 atom stereocenters. The van der Waals surface area contributed by atoms with Gasteiger partial charge in [0.05, 0.1) is 6.10 Å². The molecule has 1 aliphatic carbocycles. The topological polar surface area (TPSA) is 55.2 Å². The quantitative estimate of drug-likeness (QED) is 0.582. The van der Waals surface area contributed by atoms with Gasteiger partial charge in [-0.3, -0.25) is 9.88 Å². The van der Waals surface area contributed by atoms with Crippen LogP contribution in [-0.2, 0) is 4.74 Å². The molecule has 6 nitrogen and oxygen atoms in total. The van der Waals surface area contributed by atoms with Gasteiger partial charge in [-0.25, -0.2) is 0 Å². The van der Waals surface area contributed by atoms with Crippen molar-refractivity contribution in [3.63, 3.8) is 0 Å². The van der Waals surface area contributed by atoms with Gasteiger partial charge in [0.2, 0.25) is 0 Å². The van der Waals surface area contributed by atoms with Crippen LogP contribution in [0.15, 0.2) is 59.8 Å². The summed E-state index contributed by atoms with van der Waals surface area (Å²) in [5, 5.41) is 13.5. The Morgan fingerprint density at radius 3 is 2.53 bits per heavy atom. The van der Waals surface area contributed by atoms with Crippen LogP contribution in [0, 0.1) is 0 Å². The van der Waals surface area contributed by atoms with Gasteiger partial charge in [0.25, 0.3) is 0 Å². The van der Waals surface area contributed by atoms with Gasteiger partial charge in [0.1, 0.15) is 12.1 Å². The average molecular weight is 422 g/mol. The first-order valence-corrected chi connectivity index (χ1v) is 11.5. The van der Waals surface area contributed by atoms with E-state index >= 15 is 0 Å². The SMILES string of the molecule is CN(C)c1ccc([C@@H]2NC[C@H](CSc3nnc(C4CC4)n3-c3ccccc3)O2)cc1. The van der Waals surface area contributed by atoms with E-state index in [-0.39, 0.29) is 12.3 Å². The number of anilines is 1. The summed E-state index contributed by atoms with van der Waals surface area (Å²) in [5.74, 6) is 2.48. The third kappa shape index (κ3) is 4.10. The molecule has 0 unspecified atom stereocenters. The van der Waals surface area contributed by atoms with Crippen LogP contribution in [-0.4, -0.2) is 47.3 Å². The lowest BCUT2D eigenvalue weighted by Gasteiger charge is -2.16. The normalized spacial score (nSPS) is 21.1. The second-order valence-corrected chi connectivity index (χ2v) is 9.12. The number of nitrogens with one attached hydrogen (secondary N) is 1. The Hall–Kier alpha value is -2.35. The smallest absolute Gasteiger partial charge is 0.195 e. The predicted molar refractivity (Wildman–Crippen MR) is 120 cm³/mol.